The first-order chi connectivity index (χ1) is 11.3. The van der Waals surface area contributed by atoms with Gasteiger partial charge in [-0.15, -0.1) is 0 Å². The molecular formula is C15H18F2N4O2S. The molecule has 1 N–H and O–H groups in total. The smallest absolute Gasteiger partial charge is 0.281 e. The van der Waals surface area contributed by atoms with Crippen molar-refractivity contribution < 1.29 is 17.2 Å². The molecule has 0 aliphatic carbocycles. The largest absolute Gasteiger partial charge is 0.351 e. The number of piperidine rings is 1. The molecule has 6 nitrogen and oxygen atoms in total. The summed E-state index contributed by atoms with van der Waals surface area (Å²) in [5.41, 5.74) is 0.163. The van der Waals surface area contributed by atoms with Crippen LogP contribution in [-0.2, 0) is 10.0 Å². The van der Waals surface area contributed by atoms with E-state index in [0.717, 1.165) is 0 Å². The van der Waals surface area contributed by atoms with Crippen molar-refractivity contribution in [3.05, 3.63) is 30.0 Å². The molecule has 9 heteroatoms. The van der Waals surface area contributed by atoms with Crippen molar-refractivity contribution in [1.29, 1.82) is 0 Å². The van der Waals surface area contributed by atoms with Gasteiger partial charge in [0.1, 0.15) is 5.69 Å². The molecule has 2 heterocycles. The third kappa shape index (κ3) is 3.62. The topological polar surface area (TPSA) is 75.2 Å². The van der Waals surface area contributed by atoms with Gasteiger partial charge in [0.2, 0.25) is 16.0 Å². The zero-order valence-electron chi connectivity index (χ0n) is 13.1. The number of para-hydroxylation sites is 1. The normalized spacial score (nSPS) is 17.5. The van der Waals surface area contributed by atoms with E-state index in [-0.39, 0.29) is 17.7 Å². The van der Waals surface area contributed by atoms with E-state index in [1.54, 1.807) is 24.3 Å². The standard InChI is InChI=1S/C15H18F2N4O2S/c1-24(22,23)21-8-6-10(7-9-21)18-15-19-12-5-3-2-4-11(12)13(20-15)14(16)17/h2-5,10,14H,6-9H2,1H3,(H,18,19,20). The monoisotopic (exact) mass is 356 g/mol. The number of rotatable bonds is 4. The van der Waals surface area contributed by atoms with Crippen LogP contribution in [-0.4, -0.2) is 48.1 Å². The molecule has 0 saturated carbocycles. The fourth-order valence-corrected chi connectivity index (χ4v) is 3.72. The number of nitrogens with one attached hydrogen (secondary N) is 1. The number of hydrogen-bond acceptors (Lipinski definition) is 5. The molecule has 0 amide bonds. The molecule has 130 valence electrons. The Morgan fingerprint density at radius 3 is 2.50 bits per heavy atom. The van der Waals surface area contributed by atoms with Crippen LogP contribution in [0.2, 0.25) is 0 Å². The van der Waals surface area contributed by atoms with Gasteiger partial charge in [0.15, 0.2) is 0 Å². The highest BCUT2D eigenvalue weighted by atomic mass is 32.2. The number of benzene rings is 1. The minimum Gasteiger partial charge on any atom is -0.351 e. The van der Waals surface area contributed by atoms with Gasteiger partial charge in [-0.25, -0.2) is 31.5 Å². The van der Waals surface area contributed by atoms with E-state index in [1.807, 2.05) is 0 Å². The summed E-state index contributed by atoms with van der Waals surface area (Å²) in [6, 6.07) is 6.60. The van der Waals surface area contributed by atoms with Crippen LogP contribution in [0.5, 0.6) is 0 Å². The maximum absolute atomic E-state index is 13.2. The van der Waals surface area contributed by atoms with Gasteiger partial charge in [-0.05, 0) is 18.9 Å². The van der Waals surface area contributed by atoms with Crippen molar-refractivity contribution in [3.63, 3.8) is 0 Å². The Labute approximate surface area is 139 Å². The number of alkyl halides is 2. The van der Waals surface area contributed by atoms with Gasteiger partial charge in [-0.2, -0.15) is 0 Å². The first-order valence-corrected chi connectivity index (χ1v) is 9.46. The predicted molar refractivity (Wildman–Crippen MR) is 87.6 cm³/mol. The second kappa shape index (κ2) is 6.56. The van der Waals surface area contributed by atoms with Crippen molar-refractivity contribution in [2.75, 3.05) is 24.7 Å². The number of aromatic nitrogens is 2. The number of sulfonamides is 1. The molecule has 3 rings (SSSR count). The number of anilines is 1. The van der Waals surface area contributed by atoms with Crippen LogP contribution >= 0.6 is 0 Å². The van der Waals surface area contributed by atoms with Crippen LogP contribution < -0.4 is 5.32 Å². The van der Waals surface area contributed by atoms with Crippen molar-refractivity contribution in [2.24, 2.45) is 0 Å². The van der Waals surface area contributed by atoms with Gasteiger partial charge in [-0.3, -0.25) is 0 Å². The van der Waals surface area contributed by atoms with E-state index in [9.17, 15) is 17.2 Å². The first kappa shape index (κ1) is 17.0. The average molecular weight is 356 g/mol. The van der Waals surface area contributed by atoms with Gasteiger partial charge >= 0.3 is 0 Å². The Bertz CT molecular complexity index is 836. The minimum absolute atomic E-state index is 0.0466. The van der Waals surface area contributed by atoms with Crippen LogP contribution in [0.1, 0.15) is 25.0 Å². The van der Waals surface area contributed by atoms with Crippen LogP contribution in [0.15, 0.2) is 24.3 Å². The summed E-state index contributed by atoms with van der Waals surface area (Å²) < 4.78 is 50.9. The van der Waals surface area contributed by atoms with E-state index in [4.69, 9.17) is 0 Å². The highest BCUT2D eigenvalue weighted by molar-refractivity contribution is 7.88. The molecule has 0 atom stereocenters. The molecule has 1 aliphatic heterocycles. The number of fused-ring (bicyclic) bond motifs is 1. The fourth-order valence-electron chi connectivity index (χ4n) is 2.85. The summed E-state index contributed by atoms with van der Waals surface area (Å²) in [7, 11) is -3.19. The predicted octanol–water partition coefficient (Wildman–Crippen LogP) is 2.40. The van der Waals surface area contributed by atoms with E-state index in [1.165, 1.54) is 10.6 Å². The lowest BCUT2D eigenvalue weighted by Crippen LogP contribution is -2.42. The zero-order valence-corrected chi connectivity index (χ0v) is 13.9. The summed E-state index contributed by atoms with van der Waals surface area (Å²) in [5.74, 6) is 0.154. The number of halogens is 2. The molecular weight excluding hydrogens is 338 g/mol. The van der Waals surface area contributed by atoms with Crippen LogP contribution in [0.25, 0.3) is 10.9 Å². The second-order valence-corrected chi connectivity index (χ2v) is 7.81. The molecule has 0 unspecified atom stereocenters. The Morgan fingerprint density at radius 2 is 1.88 bits per heavy atom. The first-order valence-electron chi connectivity index (χ1n) is 7.61. The fraction of sp³-hybridized carbons (Fsp3) is 0.467. The summed E-state index contributed by atoms with van der Waals surface area (Å²) in [6.07, 6.45) is -0.353. The molecule has 1 aromatic carbocycles. The SMILES string of the molecule is CS(=O)(=O)N1CCC(Nc2nc(C(F)F)c3ccccc3n2)CC1. The lowest BCUT2D eigenvalue weighted by molar-refractivity contribution is 0.148. The van der Waals surface area contributed by atoms with Gasteiger partial charge in [0.05, 0.1) is 11.8 Å². The van der Waals surface area contributed by atoms with Crippen LogP contribution in [0.3, 0.4) is 0 Å². The molecule has 1 fully saturated rings. The Balaban J connectivity index is 1.79. The van der Waals surface area contributed by atoms with E-state index in [0.29, 0.717) is 36.8 Å². The van der Waals surface area contributed by atoms with Gasteiger partial charge in [0, 0.05) is 24.5 Å². The lowest BCUT2D eigenvalue weighted by atomic mass is 10.1. The number of hydrogen-bond donors (Lipinski definition) is 1. The molecule has 1 saturated heterocycles. The molecule has 24 heavy (non-hydrogen) atoms. The van der Waals surface area contributed by atoms with E-state index >= 15 is 0 Å². The highest BCUT2D eigenvalue weighted by Gasteiger charge is 2.25. The van der Waals surface area contributed by atoms with Crippen LogP contribution in [0.4, 0.5) is 14.7 Å². The Morgan fingerprint density at radius 1 is 1.21 bits per heavy atom. The van der Waals surface area contributed by atoms with Crippen molar-refractivity contribution >= 4 is 26.9 Å². The molecule has 0 spiro atoms. The quantitative estimate of drug-likeness (QED) is 0.910. The molecule has 1 aromatic heterocycles. The summed E-state index contributed by atoms with van der Waals surface area (Å²) in [4.78, 5) is 8.25. The minimum atomic E-state index is -3.19. The lowest BCUT2D eigenvalue weighted by Gasteiger charge is -2.30. The number of nitrogens with zero attached hydrogens (tertiary/aromatic N) is 3. The Kier molecular flexibility index (Phi) is 4.64. The van der Waals surface area contributed by atoms with Crippen LogP contribution in [0, 0.1) is 0 Å². The van der Waals surface area contributed by atoms with Crippen molar-refractivity contribution in [1.82, 2.24) is 14.3 Å². The molecule has 0 bridgehead atoms. The third-order valence-corrected chi connectivity index (χ3v) is 5.40. The molecule has 0 radical (unpaired) electrons. The van der Waals surface area contributed by atoms with Crippen molar-refractivity contribution in [2.45, 2.75) is 25.3 Å². The molecule has 1 aliphatic rings. The van der Waals surface area contributed by atoms with Gasteiger partial charge < -0.3 is 5.32 Å². The van der Waals surface area contributed by atoms with Gasteiger partial charge in [0.25, 0.3) is 6.43 Å². The maximum atomic E-state index is 13.2. The van der Waals surface area contributed by atoms with Crippen molar-refractivity contribution in [3.8, 4) is 0 Å². The molecule has 2 aromatic rings. The third-order valence-electron chi connectivity index (χ3n) is 4.10. The summed E-state index contributed by atoms with van der Waals surface area (Å²) in [5, 5.41) is 3.40. The Hall–Kier alpha value is -1.87. The highest BCUT2D eigenvalue weighted by Crippen LogP contribution is 2.27. The zero-order chi connectivity index (χ0) is 17.3. The maximum Gasteiger partial charge on any atom is 0.281 e. The van der Waals surface area contributed by atoms with E-state index < -0.39 is 16.4 Å². The second-order valence-electron chi connectivity index (χ2n) is 5.83. The summed E-state index contributed by atoms with van der Waals surface area (Å²) >= 11 is 0. The van der Waals surface area contributed by atoms with E-state index in [2.05, 4.69) is 15.3 Å². The average Bonchev–Trinajstić information content (AvgIpc) is 2.53. The summed E-state index contributed by atoms with van der Waals surface area (Å²) in [6.45, 7) is 0.789. The van der Waals surface area contributed by atoms with Gasteiger partial charge in [-0.1, -0.05) is 18.2 Å².